The highest BCUT2D eigenvalue weighted by atomic mass is 16.5. The average molecular weight is 196 g/mol. The Labute approximate surface area is 86.3 Å². The maximum atomic E-state index is 11.2. The fourth-order valence-electron chi connectivity index (χ4n) is 2.38. The maximum Gasteiger partial charge on any atom is 0.330 e. The lowest BCUT2D eigenvalue weighted by molar-refractivity contribution is -0.135. The molecule has 0 aromatic rings. The smallest absolute Gasteiger partial charge is 0.330 e. The number of allylic oxidation sites excluding steroid dienone is 1. The first-order valence-corrected chi connectivity index (χ1v) is 5.10. The third kappa shape index (κ3) is 1.99. The van der Waals surface area contributed by atoms with E-state index < -0.39 is 0 Å². The fraction of sp³-hybridized carbons (Fsp3) is 0.750. The Morgan fingerprint density at radius 2 is 1.64 bits per heavy atom. The van der Waals surface area contributed by atoms with E-state index in [9.17, 15) is 4.79 Å². The molecule has 0 amide bonds. The molecule has 0 saturated heterocycles. The summed E-state index contributed by atoms with van der Waals surface area (Å²) < 4.78 is 4.68. The lowest BCUT2D eigenvalue weighted by atomic mass is 9.78. The van der Waals surface area contributed by atoms with Gasteiger partial charge in [-0.2, -0.15) is 0 Å². The number of carbonyl (C=O) groups excluding carboxylic acids is 1. The van der Waals surface area contributed by atoms with Crippen molar-refractivity contribution in [3.8, 4) is 0 Å². The molecule has 0 aliphatic heterocycles. The zero-order valence-electron chi connectivity index (χ0n) is 9.81. The van der Waals surface area contributed by atoms with Crippen molar-refractivity contribution >= 4 is 5.97 Å². The molecule has 0 heterocycles. The summed E-state index contributed by atoms with van der Waals surface area (Å²) in [6.45, 7) is 8.76. The van der Waals surface area contributed by atoms with Gasteiger partial charge in [0.2, 0.25) is 0 Å². The minimum atomic E-state index is -0.233. The molecule has 14 heavy (non-hydrogen) atoms. The van der Waals surface area contributed by atoms with Crippen LogP contribution in [0.25, 0.3) is 0 Å². The summed E-state index contributed by atoms with van der Waals surface area (Å²) in [5.41, 5.74) is 1.49. The molecule has 0 aromatic carbocycles. The average Bonchev–Trinajstić information content (AvgIpc) is 2.28. The number of rotatable bonds is 1. The van der Waals surface area contributed by atoms with E-state index in [1.807, 2.05) is 0 Å². The SMILES string of the molecule is COC(=O)C=C1C(C)(C)CCC1(C)C. The Morgan fingerprint density at radius 1 is 1.21 bits per heavy atom. The second-order valence-corrected chi connectivity index (χ2v) is 5.35. The molecular weight excluding hydrogens is 176 g/mol. The molecule has 0 N–H and O–H groups in total. The van der Waals surface area contributed by atoms with Crippen LogP contribution in [0.1, 0.15) is 40.5 Å². The van der Waals surface area contributed by atoms with E-state index in [0.717, 1.165) is 12.8 Å². The fourth-order valence-corrected chi connectivity index (χ4v) is 2.38. The zero-order chi connectivity index (χ0) is 11.0. The van der Waals surface area contributed by atoms with Crippen LogP contribution in [0.2, 0.25) is 0 Å². The van der Waals surface area contributed by atoms with Crippen LogP contribution in [-0.2, 0) is 9.53 Å². The predicted octanol–water partition coefficient (Wildman–Crippen LogP) is 2.93. The number of methoxy groups -OCH3 is 1. The van der Waals surface area contributed by atoms with E-state index in [1.54, 1.807) is 6.08 Å². The van der Waals surface area contributed by atoms with Crippen LogP contribution in [0.3, 0.4) is 0 Å². The van der Waals surface area contributed by atoms with Crippen LogP contribution in [-0.4, -0.2) is 13.1 Å². The normalized spacial score (nSPS) is 23.4. The van der Waals surface area contributed by atoms with Gasteiger partial charge in [0.1, 0.15) is 0 Å². The molecule has 1 fully saturated rings. The summed E-state index contributed by atoms with van der Waals surface area (Å²) in [6, 6.07) is 0. The van der Waals surface area contributed by atoms with Gasteiger partial charge >= 0.3 is 5.97 Å². The molecule has 1 rings (SSSR count). The van der Waals surface area contributed by atoms with Gasteiger partial charge in [-0.3, -0.25) is 0 Å². The van der Waals surface area contributed by atoms with Gasteiger partial charge in [-0.25, -0.2) is 4.79 Å². The summed E-state index contributed by atoms with van der Waals surface area (Å²) in [5.74, 6) is -0.233. The summed E-state index contributed by atoms with van der Waals surface area (Å²) >= 11 is 0. The molecular formula is C12H20O2. The van der Waals surface area contributed by atoms with Crippen molar-refractivity contribution in [2.75, 3.05) is 7.11 Å². The van der Waals surface area contributed by atoms with Gasteiger partial charge in [0.15, 0.2) is 0 Å². The van der Waals surface area contributed by atoms with Gasteiger partial charge in [-0.05, 0) is 23.7 Å². The lowest BCUT2D eigenvalue weighted by Gasteiger charge is -2.27. The number of ether oxygens (including phenoxy) is 1. The summed E-state index contributed by atoms with van der Waals surface area (Å²) in [6.07, 6.45) is 3.96. The van der Waals surface area contributed by atoms with Crippen LogP contribution < -0.4 is 0 Å². The molecule has 0 atom stereocenters. The van der Waals surface area contributed by atoms with Gasteiger partial charge in [-0.15, -0.1) is 0 Å². The van der Waals surface area contributed by atoms with E-state index in [2.05, 4.69) is 32.4 Å². The molecule has 0 bridgehead atoms. The van der Waals surface area contributed by atoms with Gasteiger partial charge in [0.05, 0.1) is 7.11 Å². The molecule has 1 saturated carbocycles. The van der Waals surface area contributed by atoms with Crippen molar-refractivity contribution in [3.05, 3.63) is 11.6 Å². The van der Waals surface area contributed by atoms with Crippen molar-refractivity contribution in [1.29, 1.82) is 0 Å². The van der Waals surface area contributed by atoms with Gasteiger partial charge in [0.25, 0.3) is 0 Å². The lowest BCUT2D eigenvalue weighted by Crippen LogP contribution is -2.18. The monoisotopic (exact) mass is 196 g/mol. The van der Waals surface area contributed by atoms with E-state index in [1.165, 1.54) is 12.7 Å². The number of carbonyl (C=O) groups is 1. The number of hydrogen-bond acceptors (Lipinski definition) is 2. The second-order valence-electron chi connectivity index (χ2n) is 5.35. The third-order valence-corrected chi connectivity index (χ3v) is 3.30. The molecule has 0 aromatic heterocycles. The number of hydrogen-bond donors (Lipinski definition) is 0. The minimum Gasteiger partial charge on any atom is -0.466 e. The van der Waals surface area contributed by atoms with Crippen LogP contribution in [0, 0.1) is 10.8 Å². The van der Waals surface area contributed by atoms with Crippen molar-refractivity contribution in [1.82, 2.24) is 0 Å². The first-order valence-electron chi connectivity index (χ1n) is 5.10. The van der Waals surface area contributed by atoms with Crippen molar-refractivity contribution in [2.24, 2.45) is 10.8 Å². The van der Waals surface area contributed by atoms with E-state index in [-0.39, 0.29) is 16.8 Å². The summed E-state index contributed by atoms with van der Waals surface area (Å²) in [4.78, 5) is 11.2. The Balaban J connectivity index is 3.03. The molecule has 1 aliphatic carbocycles. The Kier molecular flexibility index (Phi) is 2.75. The molecule has 0 radical (unpaired) electrons. The zero-order valence-corrected chi connectivity index (χ0v) is 9.81. The Morgan fingerprint density at radius 3 is 2.00 bits per heavy atom. The van der Waals surface area contributed by atoms with Crippen LogP contribution >= 0.6 is 0 Å². The van der Waals surface area contributed by atoms with Gasteiger partial charge in [0, 0.05) is 6.08 Å². The Hall–Kier alpha value is -0.790. The third-order valence-electron chi connectivity index (χ3n) is 3.30. The number of esters is 1. The van der Waals surface area contributed by atoms with Crippen molar-refractivity contribution in [2.45, 2.75) is 40.5 Å². The molecule has 0 unspecified atom stereocenters. The quantitative estimate of drug-likeness (QED) is 0.476. The molecule has 2 heteroatoms. The van der Waals surface area contributed by atoms with Crippen molar-refractivity contribution < 1.29 is 9.53 Å². The second kappa shape index (κ2) is 3.41. The van der Waals surface area contributed by atoms with Crippen LogP contribution in [0.15, 0.2) is 11.6 Å². The van der Waals surface area contributed by atoms with Gasteiger partial charge < -0.3 is 4.74 Å². The van der Waals surface area contributed by atoms with Crippen LogP contribution in [0.4, 0.5) is 0 Å². The predicted molar refractivity (Wildman–Crippen MR) is 56.9 cm³/mol. The highest BCUT2D eigenvalue weighted by molar-refractivity contribution is 5.83. The van der Waals surface area contributed by atoms with E-state index in [0.29, 0.717) is 0 Å². The highest BCUT2D eigenvalue weighted by Gasteiger charge is 2.42. The first kappa shape index (κ1) is 11.3. The topological polar surface area (TPSA) is 26.3 Å². The highest BCUT2D eigenvalue weighted by Crippen LogP contribution is 2.53. The summed E-state index contributed by atoms with van der Waals surface area (Å²) in [5, 5.41) is 0. The van der Waals surface area contributed by atoms with Crippen LogP contribution in [0.5, 0.6) is 0 Å². The van der Waals surface area contributed by atoms with E-state index in [4.69, 9.17) is 0 Å². The van der Waals surface area contributed by atoms with Gasteiger partial charge in [-0.1, -0.05) is 33.3 Å². The largest absolute Gasteiger partial charge is 0.466 e. The molecule has 0 spiro atoms. The maximum absolute atomic E-state index is 11.2. The molecule has 80 valence electrons. The standard InChI is InChI=1S/C12H20O2/c1-11(2)6-7-12(3,4)9(11)8-10(13)14-5/h8H,6-7H2,1-5H3. The van der Waals surface area contributed by atoms with E-state index >= 15 is 0 Å². The summed E-state index contributed by atoms with van der Waals surface area (Å²) in [7, 11) is 1.42. The molecule has 1 aliphatic rings. The minimum absolute atomic E-state index is 0.137. The Bertz CT molecular complexity index is 254. The first-order chi connectivity index (χ1) is 6.29. The molecule has 2 nitrogen and oxygen atoms in total. The van der Waals surface area contributed by atoms with Crippen molar-refractivity contribution in [3.63, 3.8) is 0 Å².